The molecule has 1 aliphatic heterocycles. The largest absolute Gasteiger partial charge is 0.456 e. The third-order valence-electron chi connectivity index (χ3n) is 1.66. The van der Waals surface area contributed by atoms with Gasteiger partial charge in [0.2, 0.25) is 0 Å². The van der Waals surface area contributed by atoms with Gasteiger partial charge < -0.3 is 4.74 Å². The molecule has 1 heterocycles. The summed E-state index contributed by atoms with van der Waals surface area (Å²) in [6.07, 6.45) is 3.48. The first-order valence-electron chi connectivity index (χ1n) is 2.99. The van der Waals surface area contributed by atoms with Crippen molar-refractivity contribution in [3.8, 4) is 0 Å². The highest BCUT2D eigenvalue weighted by atomic mass is 79.9. The maximum absolute atomic E-state index is 5.23. The second kappa shape index (κ2) is 1.76. The summed E-state index contributed by atoms with van der Waals surface area (Å²) in [4.78, 5) is 0. The Bertz CT molecular complexity index is 183. The van der Waals surface area contributed by atoms with Gasteiger partial charge in [-0.1, -0.05) is 31.9 Å². The number of rotatable bonds is 0. The Morgan fingerprint density at radius 3 is 2.78 bits per heavy atom. The van der Waals surface area contributed by atoms with Crippen molar-refractivity contribution in [2.75, 3.05) is 0 Å². The van der Waals surface area contributed by atoms with Gasteiger partial charge in [-0.25, -0.2) is 0 Å². The van der Waals surface area contributed by atoms with E-state index < -0.39 is 0 Å². The Morgan fingerprint density at radius 1 is 1.44 bits per heavy atom. The molecule has 0 aromatic carbocycles. The Morgan fingerprint density at radius 2 is 2.22 bits per heavy atom. The van der Waals surface area contributed by atoms with E-state index in [1.807, 2.05) is 0 Å². The second-order valence-electron chi connectivity index (χ2n) is 2.41. The average molecular weight is 254 g/mol. The predicted octanol–water partition coefficient (Wildman–Crippen LogP) is 2.90. The molecule has 0 fully saturated rings. The Balaban J connectivity index is 2.27. The lowest BCUT2D eigenvalue weighted by atomic mass is 10.1. The summed E-state index contributed by atoms with van der Waals surface area (Å²) >= 11 is 7.07. The lowest BCUT2D eigenvalue weighted by Gasteiger charge is -2.14. The molecule has 0 saturated carbocycles. The van der Waals surface area contributed by atoms with Gasteiger partial charge in [0.25, 0.3) is 0 Å². The maximum Gasteiger partial charge on any atom is 0.169 e. The molecule has 0 saturated heterocycles. The summed E-state index contributed by atoms with van der Waals surface area (Å²) in [7, 11) is 0. The predicted molar refractivity (Wildman–Crippen MR) is 42.5 cm³/mol. The molecule has 0 N–H and O–H groups in total. The first-order chi connectivity index (χ1) is 4.20. The van der Waals surface area contributed by atoms with Gasteiger partial charge in [0.05, 0.1) is 0 Å². The smallest absolute Gasteiger partial charge is 0.169 e. The van der Waals surface area contributed by atoms with E-state index in [4.69, 9.17) is 4.74 Å². The molecule has 2 aliphatic rings. The summed E-state index contributed by atoms with van der Waals surface area (Å²) in [5.74, 6) is 2.31. The van der Waals surface area contributed by atoms with Crippen molar-refractivity contribution in [1.82, 2.24) is 0 Å². The van der Waals surface area contributed by atoms with Gasteiger partial charge in [-0.3, -0.25) is 0 Å². The van der Waals surface area contributed by atoms with Crippen LogP contribution in [0.4, 0.5) is 0 Å². The van der Waals surface area contributed by atoms with Crippen LogP contribution in [0.15, 0.2) is 11.5 Å². The van der Waals surface area contributed by atoms with Crippen molar-refractivity contribution in [2.45, 2.75) is 22.5 Å². The first kappa shape index (κ1) is 6.23. The minimum atomic E-state index is -0.00637. The van der Waals surface area contributed by atoms with E-state index in [1.54, 1.807) is 0 Å². The molecule has 0 aromatic rings. The molecule has 0 unspecified atom stereocenters. The van der Waals surface area contributed by atoms with E-state index in [-0.39, 0.29) is 3.23 Å². The number of alkyl halides is 2. The number of halogens is 2. The molecule has 9 heavy (non-hydrogen) atoms. The minimum absolute atomic E-state index is 0.00637. The van der Waals surface area contributed by atoms with Crippen molar-refractivity contribution in [1.29, 1.82) is 0 Å². The van der Waals surface area contributed by atoms with E-state index in [0.29, 0.717) is 0 Å². The number of hydrogen-bond donors (Lipinski definition) is 0. The van der Waals surface area contributed by atoms with Crippen LogP contribution in [0.1, 0.15) is 19.3 Å². The number of hydrogen-bond acceptors (Lipinski definition) is 1. The SMILES string of the molecule is BrC1(Br)CCCC2=C1O2. The molecule has 0 radical (unpaired) electrons. The zero-order valence-corrected chi connectivity index (χ0v) is 7.96. The molecule has 0 bridgehead atoms. The summed E-state index contributed by atoms with van der Waals surface area (Å²) < 4.78 is 5.23. The lowest BCUT2D eigenvalue weighted by molar-refractivity contribution is 0.457. The van der Waals surface area contributed by atoms with Crippen molar-refractivity contribution >= 4 is 31.9 Å². The fourth-order valence-electron chi connectivity index (χ4n) is 1.13. The van der Waals surface area contributed by atoms with Crippen LogP contribution in [-0.2, 0) is 4.74 Å². The van der Waals surface area contributed by atoms with E-state index in [0.717, 1.165) is 18.6 Å². The minimum Gasteiger partial charge on any atom is -0.456 e. The van der Waals surface area contributed by atoms with Crippen molar-refractivity contribution in [3.63, 3.8) is 0 Å². The summed E-state index contributed by atoms with van der Waals surface area (Å²) in [5, 5.41) is 0. The second-order valence-corrected chi connectivity index (χ2v) is 6.18. The molecule has 0 spiro atoms. The van der Waals surface area contributed by atoms with Gasteiger partial charge in [0.1, 0.15) is 8.99 Å². The van der Waals surface area contributed by atoms with Crippen LogP contribution in [-0.4, -0.2) is 3.23 Å². The van der Waals surface area contributed by atoms with Crippen molar-refractivity contribution < 1.29 is 4.74 Å². The zero-order chi connectivity index (χ0) is 6.48. The Hall–Kier alpha value is 0.500. The molecule has 3 heteroatoms. The van der Waals surface area contributed by atoms with Crippen LogP contribution in [0.5, 0.6) is 0 Å². The van der Waals surface area contributed by atoms with Crippen molar-refractivity contribution in [3.05, 3.63) is 11.5 Å². The number of allylic oxidation sites excluding steroid dienone is 2. The van der Waals surface area contributed by atoms with Crippen LogP contribution in [0.3, 0.4) is 0 Å². The molecule has 1 aliphatic carbocycles. The van der Waals surface area contributed by atoms with Crippen LogP contribution >= 0.6 is 31.9 Å². The lowest BCUT2D eigenvalue weighted by Crippen LogP contribution is -2.10. The Labute approximate surface area is 70.7 Å². The van der Waals surface area contributed by atoms with Gasteiger partial charge >= 0.3 is 0 Å². The van der Waals surface area contributed by atoms with Crippen LogP contribution in [0.25, 0.3) is 0 Å². The highest BCUT2D eigenvalue weighted by molar-refractivity contribution is 9.25. The molecule has 0 aromatic heterocycles. The van der Waals surface area contributed by atoms with E-state index >= 15 is 0 Å². The summed E-state index contributed by atoms with van der Waals surface area (Å²) in [5.41, 5.74) is 0. The fraction of sp³-hybridized carbons (Fsp3) is 0.667. The van der Waals surface area contributed by atoms with Gasteiger partial charge in [0, 0.05) is 6.42 Å². The molecule has 0 atom stereocenters. The topological polar surface area (TPSA) is 12.5 Å². The molecular weight excluding hydrogens is 248 g/mol. The van der Waals surface area contributed by atoms with Gasteiger partial charge in [-0.2, -0.15) is 0 Å². The standard InChI is InChI=1S/C6H6Br2O/c7-6(8)3-1-2-4-5(6)9-4/h1-3H2. The van der Waals surface area contributed by atoms with Crippen LogP contribution in [0, 0.1) is 0 Å². The third kappa shape index (κ3) is 0.944. The summed E-state index contributed by atoms with van der Waals surface area (Å²) in [6, 6.07) is 0. The fourth-order valence-corrected chi connectivity index (χ4v) is 2.29. The molecule has 2 rings (SSSR count). The highest BCUT2D eigenvalue weighted by Gasteiger charge is 2.45. The zero-order valence-electron chi connectivity index (χ0n) is 4.79. The number of ether oxygens (including phenoxy) is 1. The van der Waals surface area contributed by atoms with Crippen molar-refractivity contribution in [2.24, 2.45) is 0 Å². The summed E-state index contributed by atoms with van der Waals surface area (Å²) in [6.45, 7) is 0. The van der Waals surface area contributed by atoms with Gasteiger partial charge in [-0.15, -0.1) is 0 Å². The highest BCUT2D eigenvalue weighted by Crippen LogP contribution is 2.53. The van der Waals surface area contributed by atoms with Gasteiger partial charge in [-0.05, 0) is 12.8 Å². The molecular formula is C6H6Br2O. The quantitative estimate of drug-likeness (QED) is 0.605. The third-order valence-corrected chi connectivity index (χ3v) is 3.18. The van der Waals surface area contributed by atoms with Crippen LogP contribution < -0.4 is 0 Å². The Kier molecular flexibility index (Phi) is 1.21. The van der Waals surface area contributed by atoms with E-state index in [1.165, 1.54) is 12.2 Å². The van der Waals surface area contributed by atoms with Gasteiger partial charge in [0.15, 0.2) is 5.76 Å². The maximum atomic E-state index is 5.23. The average Bonchev–Trinajstić information content (AvgIpc) is 2.43. The molecule has 1 nitrogen and oxygen atoms in total. The first-order valence-corrected chi connectivity index (χ1v) is 4.58. The molecule has 0 amide bonds. The monoisotopic (exact) mass is 252 g/mol. The molecule has 50 valence electrons. The van der Waals surface area contributed by atoms with E-state index in [9.17, 15) is 0 Å². The van der Waals surface area contributed by atoms with Crippen LogP contribution in [0.2, 0.25) is 0 Å². The normalized spacial score (nSPS) is 29.1. The van der Waals surface area contributed by atoms with E-state index in [2.05, 4.69) is 31.9 Å².